The van der Waals surface area contributed by atoms with E-state index in [1.165, 1.54) is 12.1 Å². The molecule has 4 rings (SSSR count). The summed E-state index contributed by atoms with van der Waals surface area (Å²) in [5.41, 5.74) is 10.2. The Hall–Kier alpha value is -4.29. The molecule has 2 aromatic carbocycles. The minimum absolute atomic E-state index is 0.0867. The normalized spacial score (nSPS) is 11.1. The molecule has 192 valence electrons. The van der Waals surface area contributed by atoms with Gasteiger partial charge in [0.05, 0.1) is 30.8 Å². The molecule has 4 aromatic rings. The molecule has 0 aliphatic heterocycles. The summed E-state index contributed by atoms with van der Waals surface area (Å²) in [4.78, 5) is 20.5. The zero-order valence-electron chi connectivity index (χ0n) is 20.8. The number of terminal acetylenes is 1. The highest BCUT2D eigenvalue weighted by atomic mass is 16.5. The van der Waals surface area contributed by atoms with Crippen molar-refractivity contribution in [2.75, 3.05) is 25.5 Å². The largest absolute Gasteiger partial charge is 0.508 e. The number of aryl methyl sites for hydroxylation is 1. The number of fused-ring (bicyclic) bond motifs is 3. The van der Waals surface area contributed by atoms with Crippen molar-refractivity contribution < 1.29 is 19.7 Å². The second-order valence-corrected chi connectivity index (χ2v) is 8.84. The van der Waals surface area contributed by atoms with Crippen LogP contribution < -0.4 is 11.1 Å². The average Bonchev–Trinajstić information content (AvgIpc) is 3.25. The number of carbonyl (C=O) groups is 1. The number of phenolic OH excluding ortho intramolecular Hbond substituents is 2. The van der Waals surface area contributed by atoms with Crippen LogP contribution in [0.3, 0.4) is 0 Å². The van der Waals surface area contributed by atoms with E-state index in [9.17, 15) is 15.0 Å². The molecule has 9 heteroatoms. The van der Waals surface area contributed by atoms with E-state index in [-0.39, 0.29) is 11.5 Å². The number of hydrogen-bond acceptors (Lipinski definition) is 7. The Labute approximate surface area is 215 Å². The Morgan fingerprint density at radius 2 is 2.00 bits per heavy atom. The summed E-state index contributed by atoms with van der Waals surface area (Å²) in [5, 5.41) is 23.9. The number of phenols is 2. The molecular weight excluding hydrogens is 470 g/mol. The first-order valence-electron chi connectivity index (χ1n) is 12.3. The van der Waals surface area contributed by atoms with Crippen LogP contribution in [0.1, 0.15) is 36.7 Å². The van der Waals surface area contributed by atoms with E-state index in [0.717, 1.165) is 47.1 Å². The fraction of sp³-hybridized carbons (Fsp3) is 0.321. The molecule has 0 saturated carbocycles. The molecule has 0 radical (unpaired) electrons. The average molecular weight is 502 g/mol. The number of nitrogens with zero attached hydrogens (tertiary/aromatic N) is 3. The van der Waals surface area contributed by atoms with Gasteiger partial charge in [0.1, 0.15) is 22.8 Å². The quantitative estimate of drug-likeness (QED) is 0.141. The van der Waals surface area contributed by atoms with Gasteiger partial charge in [0.15, 0.2) is 5.82 Å². The summed E-state index contributed by atoms with van der Waals surface area (Å²) in [7, 11) is 0. The highest BCUT2D eigenvalue weighted by molar-refractivity contribution is 6.06. The number of imidazole rings is 1. The smallest absolute Gasteiger partial charge is 0.295 e. The highest BCUT2D eigenvalue weighted by Gasteiger charge is 2.19. The van der Waals surface area contributed by atoms with Gasteiger partial charge in [-0.1, -0.05) is 25.5 Å². The lowest BCUT2D eigenvalue weighted by Crippen LogP contribution is -2.25. The van der Waals surface area contributed by atoms with E-state index in [0.29, 0.717) is 49.6 Å². The first-order valence-corrected chi connectivity index (χ1v) is 12.3. The van der Waals surface area contributed by atoms with Crippen LogP contribution in [-0.4, -0.2) is 50.4 Å². The number of carbonyl (C=O) groups excluding carboxylic acids is 1. The van der Waals surface area contributed by atoms with E-state index in [1.807, 2.05) is 24.1 Å². The van der Waals surface area contributed by atoms with Crippen LogP contribution in [0.15, 0.2) is 36.4 Å². The van der Waals surface area contributed by atoms with Crippen LogP contribution in [0.2, 0.25) is 0 Å². The number of hydrogen-bond donors (Lipinski definition) is 4. The van der Waals surface area contributed by atoms with Gasteiger partial charge in [-0.2, -0.15) is 0 Å². The maximum absolute atomic E-state index is 11.1. The predicted octanol–water partition coefficient (Wildman–Crippen LogP) is 3.28. The standard InChI is InChI=1S/C28H31N5O4/c1-3-5-6-24-32-26-27(33(24)17-19-16-20(34)8-10-23(19)35)21-9-7-18(15-22(21)31-28(26)29)11-13-37-14-12-30-25(36)4-2/h2,7-10,15-16,34-35H,3,5-6,11-14,17H2,1H3,(H2,29,31)(H,30,36). The van der Waals surface area contributed by atoms with Crippen LogP contribution in [0.25, 0.3) is 21.9 Å². The van der Waals surface area contributed by atoms with Crippen LogP contribution in [0, 0.1) is 12.3 Å². The van der Waals surface area contributed by atoms with Gasteiger partial charge in [0, 0.05) is 23.9 Å². The molecule has 2 heterocycles. The monoisotopic (exact) mass is 501 g/mol. The second kappa shape index (κ2) is 11.6. The summed E-state index contributed by atoms with van der Waals surface area (Å²) >= 11 is 0. The van der Waals surface area contributed by atoms with E-state index in [2.05, 4.69) is 21.8 Å². The number of aromatic hydroxyl groups is 2. The molecule has 0 aliphatic rings. The number of benzene rings is 2. The van der Waals surface area contributed by atoms with Crippen molar-refractivity contribution >= 4 is 33.7 Å². The Morgan fingerprint density at radius 3 is 2.78 bits per heavy atom. The molecule has 37 heavy (non-hydrogen) atoms. The number of anilines is 1. The molecule has 1 amide bonds. The molecule has 2 aromatic heterocycles. The third-order valence-corrected chi connectivity index (χ3v) is 6.19. The lowest BCUT2D eigenvalue weighted by molar-refractivity contribution is -0.115. The van der Waals surface area contributed by atoms with Gasteiger partial charge >= 0.3 is 0 Å². The van der Waals surface area contributed by atoms with E-state index in [4.69, 9.17) is 21.9 Å². The number of aromatic nitrogens is 3. The minimum atomic E-state index is -0.454. The zero-order valence-corrected chi connectivity index (χ0v) is 20.8. The van der Waals surface area contributed by atoms with Crippen molar-refractivity contribution in [3.05, 3.63) is 53.3 Å². The predicted molar refractivity (Wildman–Crippen MR) is 143 cm³/mol. The Balaban J connectivity index is 1.64. The van der Waals surface area contributed by atoms with Crippen LogP contribution in [-0.2, 0) is 28.9 Å². The number of amides is 1. The zero-order chi connectivity index (χ0) is 26.4. The molecule has 0 saturated heterocycles. The highest BCUT2D eigenvalue weighted by Crippen LogP contribution is 2.32. The number of ether oxygens (including phenoxy) is 1. The topological polar surface area (TPSA) is 136 Å². The van der Waals surface area contributed by atoms with E-state index < -0.39 is 5.91 Å². The minimum Gasteiger partial charge on any atom is -0.508 e. The lowest BCUT2D eigenvalue weighted by atomic mass is 10.1. The number of nitrogens with one attached hydrogen (secondary N) is 1. The van der Waals surface area contributed by atoms with Crippen LogP contribution >= 0.6 is 0 Å². The Morgan fingerprint density at radius 1 is 1.16 bits per heavy atom. The van der Waals surface area contributed by atoms with Crippen molar-refractivity contribution in [1.29, 1.82) is 0 Å². The third-order valence-electron chi connectivity index (χ3n) is 6.19. The molecule has 0 atom stereocenters. The van der Waals surface area contributed by atoms with Crippen molar-refractivity contribution in [3.8, 4) is 23.8 Å². The number of nitrogen functional groups attached to an aromatic ring is 1. The maximum atomic E-state index is 11.1. The fourth-order valence-electron chi connectivity index (χ4n) is 4.30. The van der Waals surface area contributed by atoms with Crippen LogP contribution in [0.4, 0.5) is 5.82 Å². The van der Waals surface area contributed by atoms with Crippen molar-refractivity contribution in [1.82, 2.24) is 19.9 Å². The van der Waals surface area contributed by atoms with Gasteiger partial charge in [-0.05, 0) is 48.6 Å². The summed E-state index contributed by atoms with van der Waals surface area (Å²) in [6.07, 6.45) is 8.40. The molecule has 9 nitrogen and oxygen atoms in total. The first kappa shape index (κ1) is 25.8. The molecule has 0 bridgehead atoms. The van der Waals surface area contributed by atoms with Crippen LogP contribution in [0.5, 0.6) is 11.5 Å². The first-order chi connectivity index (χ1) is 17.9. The van der Waals surface area contributed by atoms with Crippen molar-refractivity contribution in [3.63, 3.8) is 0 Å². The summed E-state index contributed by atoms with van der Waals surface area (Å²) in [6, 6.07) is 10.5. The van der Waals surface area contributed by atoms with E-state index in [1.54, 1.807) is 6.07 Å². The molecule has 0 unspecified atom stereocenters. The van der Waals surface area contributed by atoms with Gasteiger partial charge in [0.2, 0.25) is 0 Å². The van der Waals surface area contributed by atoms with Crippen molar-refractivity contribution in [2.24, 2.45) is 0 Å². The second-order valence-electron chi connectivity index (χ2n) is 8.84. The van der Waals surface area contributed by atoms with Crippen molar-refractivity contribution in [2.45, 2.75) is 39.2 Å². The van der Waals surface area contributed by atoms with Gasteiger partial charge in [-0.15, -0.1) is 6.42 Å². The number of rotatable bonds is 11. The number of pyridine rings is 1. The number of nitrogens with two attached hydrogens (primary N) is 1. The molecule has 5 N–H and O–H groups in total. The fourth-order valence-corrected chi connectivity index (χ4v) is 4.30. The molecule has 0 fully saturated rings. The molecule has 0 aliphatic carbocycles. The molecular formula is C28H31N5O4. The van der Waals surface area contributed by atoms with Gasteiger partial charge in [-0.3, -0.25) is 4.79 Å². The summed E-state index contributed by atoms with van der Waals surface area (Å²) in [5.74, 6) is 2.94. The lowest BCUT2D eigenvalue weighted by Gasteiger charge is -2.13. The Bertz CT molecular complexity index is 1470. The summed E-state index contributed by atoms with van der Waals surface area (Å²) < 4.78 is 7.66. The SMILES string of the molecule is C#CC(=O)NCCOCCc1ccc2c(c1)nc(N)c1nc(CCCC)n(Cc3cc(O)ccc3O)c12. The Kier molecular flexibility index (Phi) is 8.11. The number of unbranched alkanes of at least 4 members (excludes halogenated alkanes) is 1. The maximum Gasteiger partial charge on any atom is 0.295 e. The van der Waals surface area contributed by atoms with Gasteiger partial charge < -0.3 is 30.6 Å². The third kappa shape index (κ3) is 5.93. The van der Waals surface area contributed by atoms with Gasteiger partial charge in [-0.25, -0.2) is 9.97 Å². The van der Waals surface area contributed by atoms with E-state index >= 15 is 0 Å². The van der Waals surface area contributed by atoms with Gasteiger partial charge in [0.25, 0.3) is 5.91 Å². The summed E-state index contributed by atoms with van der Waals surface area (Å²) in [6.45, 7) is 3.66. The molecule has 0 spiro atoms.